The monoisotopic (exact) mass is 367 g/mol. The number of hydrogen-bond acceptors (Lipinski definition) is 5. The highest BCUT2D eigenvalue weighted by atomic mass is 32.1. The SMILES string of the molecule is COc1ccccc1-n1cc(C(=O)N[C@H](C)c2cn3ccsc3n2)cn1. The van der Waals surface area contributed by atoms with Crippen molar-refractivity contribution in [1.29, 1.82) is 0 Å². The molecule has 0 saturated carbocycles. The molecular formula is C18H17N5O2S. The van der Waals surface area contributed by atoms with Crippen LogP contribution in [0.3, 0.4) is 0 Å². The predicted molar refractivity (Wildman–Crippen MR) is 99.1 cm³/mol. The number of rotatable bonds is 5. The lowest BCUT2D eigenvalue weighted by Crippen LogP contribution is -2.26. The van der Waals surface area contributed by atoms with Gasteiger partial charge in [0.05, 0.1) is 30.6 Å². The molecule has 0 unspecified atom stereocenters. The molecule has 26 heavy (non-hydrogen) atoms. The first-order valence-electron chi connectivity index (χ1n) is 8.06. The summed E-state index contributed by atoms with van der Waals surface area (Å²) in [5, 5.41) is 9.22. The van der Waals surface area contributed by atoms with E-state index in [9.17, 15) is 4.79 Å². The number of hydrogen-bond donors (Lipinski definition) is 1. The molecule has 7 nitrogen and oxygen atoms in total. The summed E-state index contributed by atoms with van der Waals surface area (Å²) < 4.78 is 8.92. The molecule has 0 aliphatic heterocycles. The van der Waals surface area contributed by atoms with Crippen molar-refractivity contribution in [2.24, 2.45) is 0 Å². The van der Waals surface area contributed by atoms with E-state index in [0.29, 0.717) is 11.3 Å². The van der Waals surface area contributed by atoms with Gasteiger partial charge >= 0.3 is 0 Å². The third-order valence-corrected chi connectivity index (χ3v) is 4.85. The molecule has 1 amide bonds. The van der Waals surface area contributed by atoms with E-state index in [-0.39, 0.29) is 11.9 Å². The molecule has 0 bridgehead atoms. The molecular weight excluding hydrogens is 350 g/mol. The number of carbonyl (C=O) groups is 1. The Bertz CT molecular complexity index is 1040. The number of ether oxygens (including phenoxy) is 1. The summed E-state index contributed by atoms with van der Waals surface area (Å²) in [6.07, 6.45) is 7.10. The Morgan fingerprint density at radius 3 is 2.96 bits per heavy atom. The van der Waals surface area contributed by atoms with Crippen LogP contribution in [0.4, 0.5) is 0 Å². The van der Waals surface area contributed by atoms with E-state index in [0.717, 1.165) is 16.3 Å². The molecule has 0 spiro atoms. The van der Waals surface area contributed by atoms with Gasteiger partial charge in [-0.05, 0) is 19.1 Å². The summed E-state index contributed by atoms with van der Waals surface area (Å²) in [5.41, 5.74) is 2.07. The smallest absolute Gasteiger partial charge is 0.255 e. The van der Waals surface area contributed by atoms with Crippen LogP contribution < -0.4 is 10.1 Å². The zero-order chi connectivity index (χ0) is 18.1. The standard InChI is InChI=1S/C18H17N5O2S/c1-12(14-11-22-7-8-26-18(22)21-14)20-17(24)13-9-19-23(10-13)15-5-3-4-6-16(15)25-2/h3-12H,1-2H3,(H,20,24)/t12-/m1/s1. The Kier molecular flexibility index (Phi) is 4.18. The summed E-state index contributed by atoms with van der Waals surface area (Å²) in [4.78, 5) is 18.0. The van der Waals surface area contributed by atoms with Crippen LogP contribution in [-0.4, -0.2) is 32.2 Å². The molecule has 1 atom stereocenters. The molecule has 1 aromatic carbocycles. The van der Waals surface area contributed by atoms with E-state index in [1.807, 2.05) is 53.4 Å². The van der Waals surface area contributed by atoms with Crippen LogP contribution in [0.5, 0.6) is 5.75 Å². The number of nitrogens with one attached hydrogen (secondary N) is 1. The van der Waals surface area contributed by atoms with E-state index < -0.39 is 0 Å². The number of amides is 1. The first-order chi connectivity index (χ1) is 12.7. The highest BCUT2D eigenvalue weighted by Gasteiger charge is 2.17. The predicted octanol–water partition coefficient (Wildman–Crippen LogP) is 3.08. The zero-order valence-electron chi connectivity index (χ0n) is 14.3. The maximum absolute atomic E-state index is 12.6. The molecule has 8 heteroatoms. The fraction of sp³-hybridized carbons (Fsp3) is 0.167. The average Bonchev–Trinajstić information content (AvgIpc) is 3.37. The minimum Gasteiger partial charge on any atom is -0.494 e. The van der Waals surface area contributed by atoms with Crippen LogP contribution in [0.2, 0.25) is 0 Å². The molecule has 0 saturated heterocycles. The number of imidazole rings is 1. The third kappa shape index (κ3) is 2.95. The highest BCUT2D eigenvalue weighted by molar-refractivity contribution is 7.15. The van der Waals surface area contributed by atoms with Crippen LogP contribution in [0.1, 0.15) is 29.0 Å². The van der Waals surface area contributed by atoms with Gasteiger partial charge in [0, 0.05) is 24.0 Å². The summed E-state index contributed by atoms with van der Waals surface area (Å²) >= 11 is 1.56. The van der Waals surface area contributed by atoms with Crippen molar-refractivity contribution >= 4 is 22.2 Å². The van der Waals surface area contributed by atoms with Crippen molar-refractivity contribution in [1.82, 2.24) is 24.5 Å². The number of para-hydroxylation sites is 2. The number of thiazole rings is 1. The summed E-state index contributed by atoms with van der Waals surface area (Å²) in [5.74, 6) is 0.490. The van der Waals surface area contributed by atoms with Crippen LogP contribution in [0, 0.1) is 0 Å². The van der Waals surface area contributed by atoms with Crippen LogP contribution in [0.25, 0.3) is 10.6 Å². The minimum absolute atomic E-state index is 0.199. The maximum Gasteiger partial charge on any atom is 0.255 e. The topological polar surface area (TPSA) is 73.5 Å². The quantitative estimate of drug-likeness (QED) is 0.588. The zero-order valence-corrected chi connectivity index (χ0v) is 15.1. The molecule has 0 aliphatic rings. The van der Waals surface area contributed by atoms with Gasteiger partial charge in [-0.3, -0.25) is 9.20 Å². The molecule has 4 rings (SSSR count). The minimum atomic E-state index is -0.204. The van der Waals surface area contributed by atoms with E-state index in [1.165, 1.54) is 0 Å². The summed E-state index contributed by atoms with van der Waals surface area (Å²) in [6, 6.07) is 7.31. The second-order valence-electron chi connectivity index (χ2n) is 5.80. The number of nitrogens with zero attached hydrogens (tertiary/aromatic N) is 4. The van der Waals surface area contributed by atoms with Crippen molar-refractivity contribution in [3.05, 3.63) is 65.7 Å². The van der Waals surface area contributed by atoms with Crippen LogP contribution >= 0.6 is 11.3 Å². The van der Waals surface area contributed by atoms with Gasteiger partial charge in [0.1, 0.15) is 11.4 Å². The maximum atomic E-state index is 12.6. The van der Waals surface area contributed by atoms with Gasteiger partial charge in [0.15, 0.2) is 4.96 Å². The molecule has 132 valence electrons. The Morgan fingerprint density at radius 2 is 2.15 bits per heavy atom. The van der Waals surface area contributed by atoms with Crippen LogP contribution in [0.15, 0.2) is 54.4 Å². The van der Waals surface area contributed by atoms with Gasteiger partial charge in [-0.2, -0.15) is 5.10 Å². The first kappa shape index (κ1) is 16.3. The lowest BCUT2D eigenvalue weighted by molar-refractivity contribution is 0.0939. The normalized spacial score (nSPS) is 12.2. The second-order valence-corrected chi connectivity index (χ2v) is 6.67. The molecule has 3 aromatic heterocycles. The first-order valence-corrected chi connectivity index (χ1v) is 8.94. The van der Waals surface area contributed by atoms with Crippen molar-refractivity contribution < 1.29 is 9.53 Å². The number of carbonyl (C=O) groups excluding carboxylic acids is 1. The Balaban J connectivity index is 1.52. The van der Waals surface area contributed by atoms with E-state index in [1.54, 1.807) is 35.5 Å². The molecule has 0 aliphatic carbocycles. The van der Waals surface area contributed by atoms with E-state index >= 15 is 0 Å². The summed E-state index contributed by atoms with van der Waals surface area (Å²) in [6.45, 7) is 1.91. The van der Waals surface area contributed by atoms with Crippen molar-refractivity contribution in [2.75, 3.05) is 7.11 Å². The fourth-order valence-corrected chi connectivity index (χ4v) is 3.41. The highest BCUT2D eigenvalue weighted by Crippen LogP contribution is 2.22. The molecule has 3 heterocycles. The Labute approximate surface area is 153 Å². The van der Waals surface area contributed by atoms with Gasteiger partial charge in [0.2, 0.25) is 0 Å². The molecule has 0 fully saturated rings. The lowest BCUT2D eigenvalue weighted by Gasteiger charge is -2.10. The lowest BCUT2D eigenvalue weighted by atomic mass is 10.2. The van der Waals surface area contributed by atoms with E-state index in [4.69, 9.17) is 4.74 Å². The van der Waals surface area contributed by atoms with Crippen molar-refractivity contribution in [3.8, 4) is 11.4 Å². The van der Waals surface area contributed by atoms with Gasteiger partial charge in [-0.15, -0.1) is 11.3 Å². The molecule has 0 radical (unpaired) electrons. The third-order valence-electron chi connectivity index (χ3n) is 4.08. The molecule has 1 N–H and O–H groups in total. The largest absolute Gasteiger partial charge is 0.494 e. The van der Waals surface area contributed by atoms with Crippen molar-refractivity contribution in [3.63, 3.8) is 0 Å². The van der Waals surface area contributed by atoms with Gasteiger partial charge in [-0.25, -0.2) is 9.67 Å². The van der Waals surface area contributed by atoms with Gasteiger partial charge in [-0.1, -0.05) is 12.1 Å². The van der Waals surface area contributed by atoms with Gasteiger partial charge in [0.25, 0.3) is 5.91 Å². The number of benzene rings is 1. The van der Waals surface area contributed by atoms with E-state index in [2.05, 4.69) is 15.4 Å². The number of methoxy groups -OCH3 is 1. The number of fused-ring (bicyclic) bond motifs is 1. The Morgan fingerprint density at radius 1 is 1.31 bits per heavy atom. The van der Waals surface area contributed by atoms with Crippen molar-refractivity contribution in [2.45, 2.75) is 13.0 Å². The fourth-order valence-electron chi connectivity index (χ4n) is 2.70. The van der Waals surface area contributed by atoms with Crippen LogP contribution in [-0.2, 0) is 0 Å². The second kappa shape index (κ2) is 6.64. The summed E-state index contributed by atoms with van der Waals surface area (Å²) in [7, 11) is 1.60. The number of aromatic nitrogens is 4. The van der Waals surface area contributed by atoms with Gasteiger partial charge < -0.3 is 10.1 Å². The molecule has 4 aromatic rings. The Hall–Kier alpha value is -3.13. The average molecular weight is 367 g/mol.